The smallest absolute Gasteiger partial charge is 0.124 e. The molecule has 0 saturated carbocycles. The van der Waals surface area contributed by atoms with Crippen molar-refractivity contribution < 1.29 is 4.74 Å². The standard InChI is InChI=1S/C16H19NO/c1-12-9-14(16(18-3)10-13(12)2)11-17-15-7-5-4-6-8-15/h4-10,17H,11H2,1-3H3. The highest BCUT2D eigenvalue weighted by atomic mass is 16.5. The van der Waals surface area contributed by atoms with Gasteiger partial charge in [-0.25, -0.2) is 0 Å². The summed E-state index contributed by atoms with van der Waals surface area (Å²) in [6, 6.07) is 14.5. The van der Waals surface area contributed by atoms with Crippen LogP contribution in [0.3, 0.4) is 0 Å². The average Bonchev–Trinajstić information content (AvgIpc) is 2.41. The monoisotopic (exact) mass is 241 g/mol. The summed E-state index contributed by atoms with van der Waals surface area (Å²) < 4.78 is 5.43. The third kappa shape index (κ3) is 2.83. The van der Waals surface area contributed by atoms with Crippen molar-refractivity contribution in [1.29, 1.82) is 0 Å². The molecule has 2 aromatic rings. The maximum Gasteiger partial charge on any atom is 0.124 e. The van der Waals surface area contributed by atoms with Gasteiger partial charge in [-0.2, -0.15) is 0 Å². The first kappa shape index (κ1) is 12.5. The van der Waals surface area contributed by atoms with E-state index in [1.165, 1.54) is 16.7 Å². The number of hydrogen-bond acceptors (Lipinski definition) is 2. The van der Waals surface area contributed by atoms with Gasteiger partial charge in [0.1, 0.15) is 5.75 Å². The van der Waals surface area contributed by atoms with Crippen molar-refractivity contribution in [2.24, 2.45) is 0 Å². The summed E-state index contributed by atoms with van der Waals surface area (Å²) in [6.07, 6.45) is 0. The van der Waals surface area contributed by atoms with Gasteiger partial charge in [0.05, 0.1) is 7.11 Å². The van der Waals surface area contributed by atoms with E-state index < -0.39 is 0 Å². The van der Waals surface area contributed by atoms with Gasteiger partial charge < -0.3 is 10.1 Å². The summed E-state index contributed by atoms with van der Waals surface area (Å²) in [6.45, 7) is 5.00. The third-order valence-corrected chi connectivity index (χ3v) is 3.15. The predicted octanol–water partition coefficient (Wildman–Crippen LogP) is 3.92. The van der Waals surface area contributed by atoms with Crippen LogP contribution in [0.5, 0.6) is 5.75 Å². The first-order valence-electron chi connectivity index (χ1n) is 6.13. The molecule has 0 saturated heterocycles. The summed E-state index contributed by atoms with van der Waals surface area (Å²) >= 11 is 0. The third-order valence-electron chi connectivity index (χ3n) is 3.15. The zero-order chi connectivity index (χ0) is 13.0. The molecule has 0 fully saturated rings. The highest BCUT2D eigenvalue weighted by molar-refractivity contribution is 5.47. The molecule has 0 atom stereocenters. The lowest BCUT2D eigenvalue weighted by molar-refractivity contribution is 0.410. The minimum Gasteiger partial charge on any atom is -0.496 e. The number of ether oxygens (including phenoxy) is 1. The maximum absolute atomic E-state index is 5.43. The Morgan fingerprint density at radius 3 is 2.33 bits per heavy atom. The average molecular weight is 241 g/mol. The van der Waals surface area contributed by atoms with E-state index in [1.54, 1.807) is 7.11 Å². The quantitative estimate of drug-likeness (QED) is 0.875. The molecular weight excluding hydrogens is 222 g/mol. The minimum absolute atomic E-state index is 0.772. The fraction of sp³-hybridized carbons (Fsp3) is 0.250. The summed E-state index contributed by atoms with van der Waals surface area (Å²) in [5.74, 6) is 0.946. The number of benzene rings is 2. The summed E-state index contributed by atoms with van der Waals surface area (Å²) in [5.41, 5.74) is 4.86. The van der Waals surface area contributed by atoms with Crippen molar-refractivity contribution in [2.75, 3.05) is 12.4 Å². The Balaban J connectivity index is 2.16. The Morgan fingerprint density at radius 2 is 1.67 bits per heavy atom. The highest BCUT2D eigenvalue weighted by Gasteiger charge is 2.05. The van der Waals surface area contributed by atoms with Crippen molar-refractivity contribution in [1.82, 2.24) is 0 Å². The van der Waals surface area contributed by atoms with E-state index in [4.69, 9.17) is 4.74 Å². The molecule has 0 heterocycles. The Kier molecular flexibility index (Phi) is 3.88. The van der Waals surface area contributed by atoms with Crippen molar-refractivity contribution >= 4 is 5.69 Å². The van der Waals surface area contributed by atoms with Crippen LogP contribution in [0.2, 0.25) is 0 Å². The molecule has 0 unspecified atom stereocenters. The Morgan fingerprint density at radius 1 is 1.00 bits per heavy atom. The minimum atomic E-state index is 0.772. The molecule has 18 heavy (non-hydrogen) atoms. The molecule has 2 rings (SSSR count). The lowest BCUT2D eigenvalue weighted by atomic mass is 10.0. The lowest BCUT2D eigenvalue weighted by Crippen LogP contribution is -2.02. The molecule has 0 aromatic heterocycles. The summed E-state index contributed by atoms with van der Waals surface area (Å²) in [5, 5.41) is 3.40. The fourth-order valence-corrected chi connectivity index (χ4v) is 1.93. The van der Waals surface area contributed by atoms with Crippen molar-refractivity contribution in [2.45, 2.75) is 20.4 Å². The van der Waals surface area contributed by atoms with Gasteiger partial charge in [0.2, 0.25) is 0 Å². The van der Waals surface area contributed by atoms with Crippen LogP contribution in [0.1, 0.15) is 16.7 Å². The van der Waals surface area contributed by atoms with Crippen molar-refractivity contribution in [3.05, 3.63) is 59.2 Å². The van der Waals surface area contributed by atoms with Crippen LogP contribution >= 0.6 is 0 Å². The van der Waals surface area contributed by atoms with Gasteiger partial charge in [0, 0.05) is 17.8 Å². The van der Waals surface area contributed by atoms with Crippen molar-refractivity contribution in [3.63, 3.8) is 0 Å². The number of para-hydroxylation sites is 1. The van der Waals surface area contributed by atoms with Gasteiger partial charge in [-0.15, -0.1) is 0 Å². The fourth-order valence-electron chi connectivity index (χ4n) is 1.93. The number of methoxy groups -OCH3 is 1. The molecule has 0 aliphatic heterocycles. The van der Waals surface area contributed by atoms with Crippen LogP contribution < -0.4 is 10.1 Å². The van der Waals surface area contributed by atoms with Crippen LogP contribution in [0.4, 0.5) is 5.69 Å². The number of anilines is 1. The summed E-state index contributed by atoms with van der Waals surface area (Å²) in [7, 11) is 1.72. The number of rotatable bonds is 4. The second-order valence-corrected chi connectivity index (χ2v) is 4.47. The molecule has 0 amide bonds. The van der Waals surface area contributed by atoms with Crippen molar-refractivity contribution in [3.8, 4) is 5.75 Å². The summed E-state index contributed by atoms with van der Waals surface area (Å²) in [4.78, 5) is 0. The van der Waals surface area contributed by atoms with Gasteiger partial charge in [-0.1, -0.05) is 24.3 Å². The highest BCUT2D eigenvalue weighted by Crippen LogP contribution is 2.23. The molecule has 2 aromatic carbocycles. The van der Waals surface area contributed by atoms with Crippen LogP contribution in [-0.4, -0.2) is 7.11 Å². The molecule has 94 valence electrons. The molecule has 2 nitrogen and oxygen atoms in total. The van der Waals surface area contributed by atoms with Gasteiger partial charge in [-0.3, -0.25) is 0 Å². The van der Waals surface area contributed by atoms with Gasteiger partial charge in [-0.05, 0) is 43.2 Å². The largest absolute Gasteiger partial charge is 0.496 e. The van der Waals surface area contributed by atoms with Crippen LogP contribution in [-0.2, 0) is 6.54 Å². The molecule has 0 aliphatic carbocycles. The SMILES string of the molecule is COc1cc(C)c(C)cc1CNc1ccccc1. The van der Waals surface area contributed by atoms with Crippen LogP contribution in [0.25, 0.3) is 0 Å². The molecule has 0 radical (unpaired) electrons. The van der Waals surface area contributed by atoms with Crippen LogP contribution in [0.15, 0.2) is 42.5 Å². The van der Waals surface area contributed by atoms with Crippen LogP contribution in [0, 0.1) is 13.8 Å². The Hall–Kier alpha value is -1.96. The lowest BCUT2D eigenvalue weighted by Gasteiger charge is -2.13. The van der Waals surface area contributed by atoms with E-state index in [0.717, 1.165) is 18.0 Å². The predicted molar refractivity (Wildman–Crippen MR) is 76.2 cm³/mol. The first-order chi connectivity index (χ1) is 8.70. The Bertz CT molecular complexity index is 520. The van der Waals surface area contributed by atoms with E-state index in [0.29, 0.717) is 0 Å². The van der Waals surface area contributed by atoms with E-state index in [2.05, 4.69) is 43.4 Å². The number of hydrogen-bond donors (Lipinski definition) is 1. The first-order valence-corrected chi connectivity index (χ1v) is 6.13. The van der Waals surface area contributed by atoms with E-state index in [-0.39, 0.29) is 0 Å². The zero-order valence-electron chi connectivity index (χ0n) is 11.2. The van der Waals surface area contributed by atoms with E-state index >= 15 is 0 Å². The Labute approximate surface area is 109 Å². The number of aryl methyl sites for hydroxylation is 2. The van der Waals surface area contributed by atoms with Gasteiger partial charge >= 0.3 is 0 Å². The molecule has 0 spiro atoms. The number of nitrogens with one attached hydrogen (secondary N) is 1. The van der Waals surface area contributed by atoms with E-state index in [1.807, 2.05) is 18.2 Å². The topological polar surface area (TPSA) is 21.3 Å². The molecule has 2 heteroatoms. The molecular formula is C16H19NO. The van der Waals surface area contributed by atoms with E-state index in [9.17, 15) is 0 Å². The normalized spacial score (nSPS) is 10.2. The van der Waals surface area contributed by atoms with Gasteiger partial charge in [0.25, 0.3) is 0 Å². The van der Waals surface area contributed by atoms with Gasteiger partial charge in [0.15, 0.2) is 0 Å². The zero-order valence-corrected chi connectivity index (χ0v) is 11.2. The second kappa shape index (κ2) is 5.58. The maximum atomic E-state index is 5.43. The molecule has 1 N–H and O–H groups in total. The second-order valence-electron chi connectivity index (χ2n) is 4.47. The molecule has 0 bridgehead atoms. The molecule has 0 aliphatic rings.